The first-order valence-electron chi connectivity index (χ1n) is 5.50. The van der Waals surface area contributed by atoms with Crippen LogP contribution >= 0.6 is 15.9 Å². The number of aromatic nitrogens is 2. The van der Waals surface area contributed by atoms with E-state index >= 15 is 0 Å². The number of hydrogen-bond donors (Lipinski definition) is 2. The van der Waals surface area contributed by atoms with E-state index in [1.807, 2.05) is 13.1 Å². The fourth-order valence-corrected chi connectivity index (χ4v) is 2.56. The molecule has 1 aromatic heterocycles. The lowest BCUT2D eigenvalue weighted by Crippen LogP contribution is -2.31. The van der Waals surface area contributed by atoms with Gasteiger partial charge in [0.2, 0.25) is 0 Å². The molecule has 96 valence electrons. The van der Waals surface area contributed by atoms with E-state index in [1.165, 1.54) is 6.07 Å². The van der Waals surface area contributed by atoms with Crippen LogP contribution in [-0.2, 0) is 13.5 Å². The van der Waals surface area contributed by atoms with E-state index in [1.54, 1.807) is 23.0 Å². The van der Waals surface area contributed by atoms with E-state index in [4.69, 9.17) is 5.84 Å². The summed E-state index contributed by atoms with van der Waals surface area (Å²) < 4.78 is 16.2. The number of benzene rings is 1. The Morgan fingerprint density at radius 1 is 1.50 bits per heavy atom. The average Bonchev–Trinajstić information content (AvgIpc) is 2.69. The van der Waals surface area contributed by atoms with Gasteiger partial charge in [-0.05, 0) is 34.0 Å². The van der Waals surface area contributed by atoms with Gasteiger partial charge in [0.25, 0.3) is 0 Å². The van der Waals surface area contributed by atoms with Gasteiger partial charge in [0.05, 0.1) is 22.4 Å². The maximum atomic E-state index is 13.6. The van der Waals surface area contributed by atoms with Crippen molar-refractivity contribution in [1.82, 2.24) is 15.2 Å². The van der Waals surface area contributed by atoms with E-state index in [0.717, 1.165) is 10.2 Å². The van der Waals surface area contributed by atoms with Crippen LogP contribution in [-0.4, -0.2) is 9.78 Å². The zero-order valence-corrected chi connectivity index (χ0v) is 11.5. The van der Waals surface area contributed by atoms with Crippen LogP contribution < -0.4 is 11.3 Å². The molecule has 3 N–H and O–H groups in total. The van der Waals surface area contributed by atoms with Crippen molar-refractivity contribution in [2.24, 2.45) is 12.9 Å². The largest absolute Gasteiger partial charge is 0.271 e. The van der Waals surface area contributed by atoms with Gasteiger partial charge < -0.3 is 0 Å². The molecule has 0 saturated carbocycles. The van der Waals surface area contributed by atoms with Gasteiger partial charge in [0.1, 0.15) is 5.82 Å². The second kappa shape index (κ2) is 5.60. The monoisotopic (exact) mass is 312 g/mol. The molecule has 0 aliphatic rings. The molecule has 0 radical (unpaired) electrons. The molecule has 4 nitrogen and oxygen atoms in total. The Bertz CT molecular complexity index is 521. The number of nitrogens with zero attached hydrogens (tertiary/aromatic N) is 2. The summed E-state index contributed by atoms with van der Waals surface area (Å²) in [6, 6.07) is 6.47. The highest BCUT2D eigenvalue weighted by atomic mass is 79.9. The van der Waals surface area contributed by atoms with Gasteiger partial charge >= 0.3 is 0 Å². The molecule has 0 spiro atoms. The fourth-order valence-electron chi connectivity index (χ4n) is 1.93. The van der Waals surface area contributed by atoms with Gasteiger partial charge in [-0.25, -0.2) is 4.39 Å². The van der Waals surface area contributed by atoms with Crippen molar-refractivity contribution < 1.29 is 4.39 Å². The van der Waals surface area contributed by atoms with Crippen LogP contribution in [0.15, 0.2) is 34.9 Å². The Hall–Kier alpha value is -1.24. The summed E-state index contributed by atoms with van der Waals surface area (Å²) in [6.07, 6.45) is 2.16. The number of hydrazine groups is 1. The summed E-state index contributed by atoms with van der Waals surface area (Å²) >= 11 is 3.42. The number of aryl methyl sites for hydroxylation is 1. The van der Waals surface area contributed by atoms with Crippen molar-refractivity contribution in [2.75, 3.05) is 0 Å². The summed E-state index contributed by atoms with van der Waals surface area (Å²) in [7, 11) is 1.83. The summed E-state index contributed by atoms with van der Waals surface area (Å²) in [5.74, 6) is 5.34. The van der Waals surface area contributed by atoms with Crippen LogP contribution in [0.25, 0.3) is 0 Å². The van der Waals surface area contributed by atoms with Crippen molar-refractivity contribution in [3.63, 3.8) is 0 Å². The fraction of sp³-hybridized carbons (Fsp3) is 0.250. The van der Waals surface area contributed by atoms with Crippen LogP contribution in [0, 0.1) is 5.82 Å². The molecule has 0 aliphatic heterocycles. The highest BCUT2D eigenvalue weighted by molar-refractivity contribution is 9.10. The third kappa shape index (κ3) is 2.60. The van der Waals surface area contributed by atoms with Crippen LogP contribution in [0.5, 0.6) is 0 Å². The highest BCUT2D eigenvalue weighted by Crippen LogP contribution is 2.25. The summed E-state index contributed by atoms with van der Waals surface area (Å²) in [6.45, 7) is 0. The predicted molar refractivity (Wildman–Crippen MR) is 71.1 cm³/mol. The molecule has 1 atom stereocenters. The number of rotatable bonds is 4. The van der Waals surface area contributed by atoms with Crippen LogP contribution in [0.1, 0.15) is 17.3 Å². The van der Waals surface area contributed by atoms with Gasteiger partial charge in [-0.15, -0.1) is 0 Å². The second-order valence-electron chi connectivity index (χ2n) is 4.02. The van der Waals surface area contributed by atoms with E-state index in [-0.39, 0.29) is 11.9 Å². The number of hydrogen-bond acceptors (Lipinski definition) is 3. The maximum Gasteiger partial charge on any atom is 0.126 e. The van der Waals surface area contributed by atoms with Crippen molar-refractivity contribution >= 4 is 15.9 Å². The van der Waals surface area contributed by atoms with Crippen LogP contribution in [0.4, 0.5) is 4.39 Å². The average molecular weight is 313 g/mol. The standard InChI is InChI=1S/C12H14BrFN4/c1-18-12(9(13)7-16-18)11(17-15)6-8-4-2-3-5-10(8)14/h2-5,7,11,17H,6,15H2,1H3. The highest BCUT2D eigenvalue weighted by Gasteiger charge is 2.19. The lowest BCUT2D eigenvalue weighted by molar-refractivity contribution is 0.494. The normalized spacial score (nSPS) is 12.7. The molecule has 18 heavy (non-hydrogen) atoms. The van der Waals surface area contributed by atoms with Gasteiger partial charge in [-0.2, -0.15) is 5.10 Å². The molecule has 2 aromatic rings. The van der Waals surface area contributed by atoms with Crippen molar-refractivity contribution in [3.8, 4) is 0 Å². The first-order valence-corrected chi connectivity index (χ1v) is 6.29. The maximum absolute atomic E-state index is 13.6. The zero-order chi connectivity index (χ0) is 13.1. The van der Waals surface area contributed by atoms with Crippen LogP contribution in [0.2, 0.25) is 0 Å². The summed E-state index contributed by atoms with van der Waals surface area (Å²) in [5.41, 5.74) is 4.21. The van der Waals surface area contributed by atoms with E-state index in [9.17, 15) is 4.39 Å². The molecule has 1 aromatic carbocycles. The first-order chi connectivity index (χ1) is 8.63. The minimum atomic E-state index is -0.226. The summed E-state index contributed by atoms with van der Waals surface area (Å²) in [5, 5.41) is 4.13. The van der Waals surface area contributed by atoms with Gasteiger partial charge in [0, 0.05) is 7.05 Å². The third-order valence-electron chi connectivity index (χ3n) is 2.85. The molecule has 0 fully saturated rings. The molecule has 1 heterocycles. The molecular weight excluding hydrogens is 299 g/mol. The lowest BCUT2D eigenvalue weighted by atomic mass is 10.0. The molecule has 0 saturated heterocycles. The Kier molecular flexibility index (Phi) is 4.11. The molecule has 0 bridgehead atoms. The summed E-state index contributed by atoms with van der Waals surface area (Å²) in [4.78, 5) is 0. The van der Waals surface area contributed by atoms with Gasteiger partial charge in [-0.1, -0.05) is 18.2 Å². The van der Waals surface area contributed by atoms with E-state index in [0.29, 0.717) is 12.0 Å². The Balaban J connectivity index is 2.28. The second-order valence-corrected chi connectivity index (χ2v) is 4.87. The lowest BCUT2D eigenvalue weighted by Gasteiger charge is -2.17. The number of nitrogens with one attached hydrogen (secondary N) is 1. The van der Waals surface area contributed by atoms with Crippen molar-refractivity contribution in [3.05, 3.63) is 52.0 Å². The van der Waals surface area contributed by atoms with Gasteiger partial charge in [-0.3, -0.25) is 16.0 Å². The van der Waals surface area contributed by atoms with Crippen LogP contribution in [0.3, 0.4) is 0 Å². The molecule has 0 aliphatic carbocycles. The molecule has 2 rings (SSSR count). The molecule has 6 heteroatoms. The zero-order valence-electron chi connectivity index (χ0n) is 9.90. The van der Waals surface area contributed by atoms with Crippen molar-refractivity contribution in [2.45, 2.75) is 12.5 Å². The molecular formula is C12H14BrFN4. The first kappa shape index (κ1) is 13.2. The minimum absolute atomic E-state index is 0.205. The van der Waals surface area contributed by atoms with Crippen molar-refractivity contribution in [1.29, 1.82) is 0 Å². The third-order valence-corrected chi connectivity index (χ3v) is 3.46. The number of halogens is 2. The minimum Gasteiger partial charge on any atom is -0.271 e. The Morgan fingerprint density at radius 3 is 2.78 bits per heavy atom. The quantitative estimate of drug-likeness (QED) is 0.671. The van der Waals surface area contributed by atoms with E-state index < -0.39 is 0 Å². The Labute approximate surface area is 113 Å². The van der Waals surface area contributed by atoms with Gasteiger partial charge in [0.15, 0.2) is 0 Å². The molecule has 1 unspecified atom stereocenters. The smallest absolute Gasteiger partial charge is 0.126 e. The predicted octanol–water partition coefficient (Wildman–Crippen LogP) is 2.07. The topological polar surface area (TPSA) is 55.9 Å². The van der Waals surface area contributed by atoms with E-state index in [2.05, 4.69) is 26.5 Å². The Morgan fingerprint density at radius 2 is 2.22 bits per heavy atom. The molecule has 0 amide bonds. The number of nitrogens with two attached hydrogens (primary N) is 1. The SMILES string of the molecule is Cn1ncc(Br)c1C(Cc1ccccc1F)NN.